The molecule has 124 valence electrons. The van der Waals surface area contributed by atoms with Gasteiger partial charge in [0, 0.05) is 30.3 Å². The van der Waals surface area contributed by atoms with Crippen LogP contribution < -0.4 is 5.32 Å². The molecule has 3 aromatic rings. The summed E-state index contributed by atoms with van der Waals surface area (Å²) in [7, 11) is 0. The van der Waals surface area contributed by atoms with E-state index in [0.717, 1.165) is 6.07 Å². The second-order valence-electron chi connectivity index (χ2n) is 4.84. The molecule has 1 aromatic carbocycles. The number of fused-ring (bicyclic) bond motifs is 1. The first-order chi connectivity index (χ1) is 11.3. The van der Waals surface area contributed by atoms with Crippen molar-refractivity contribution >= 4 is 33.2 Å². The highest BCUT2D eigenvalue weighted by Gasteiger charge is 2.33. The van der Waals surface area contributed by atoms with Crippen LogP contribution in [0.4, 0.5) is 24.8 Å². The Labute approximate surface area is 137 Å². The Kier molecular flexibility index (Phi) is 4.06. The van der Waals surface area contributed by atoms with Crippen molar-refractivity contribution in [3.8, 4) is 0 Å². The Balaban J connectivity index is 1.78. The highest BCUT2D eigenvalue weighted by atomic mass is 32.1. The zero-order valence-corrected chi connectivity index (χ0v) is 12.7. The van der Waals surface area contributed by atoms with E-state index in [9.17, 15) is 23.3 Å². The summed E-state index contributed by atoms with van der Waals surface area (Å²) in [6, 6.07) is 7.01. The van der Waals surface area contributed by atoms with Gasteiger partial charge in [0.2, 0.25) is 5.95 Å². The van der Waals surface area contributed by atoms with E-state index in [2.05, 4.69) is 15.3 Å². The molecule has 0 radical (unpaired) electrons. The molecule has 0 saturated heterocycles. The minimum Gasteiger partial charge on any atom is -0.350 e. The number of benzene rings is 1. The number of thiophene rings is 1. The molecule has 0 unspecified atom stereocenters. The van der Waals surface area contributed by atoms with Gasteiger partial charge in [0.05, 0.1) is 4.92 Å². The summed E-state index contributed by atoms with van der Waals surface area (Å²) in [4.78, 5) is 17.7. The molecule has 6 nitrogen and oxygen atoms in total. The number of nitro benzene ring substituents is 1. The van der Waals surface area contributed by atoms with Gasteiger partial charge in [0.25, 0.3) is 5.69 Å². The van der Waals surface area contributed by atoms with E-state index in [-0.39, 0.29) is 23.0 Å². The summed E-state index contributed by atoms with van der Waals surface area (Å²) < 4.78 is 38.1. The van der Waals surface area contributed by atoms with Crippen molar-refractivity contribution in [3.63, 3.8) is 0 Å². The number of anilines is 1. The summed E-state index contributed by atoms with van der Waals surface area (Å²) in [5.41, 5.74) is 0.591. The number of hydrogen-bond acceptors (Lipinski definition) is 6. The number of nitrogens with one attached hydrogen (secondary N) is 1. The molecule has 0 aliphatic carbocycles. The van der Waals surface area contributed by atoms with E-state index in [1.54, 1.807) is 12.1 Å². The number of nitrogens with zero attached hydrogens (tertiary/aromatic N) is 3. The molecule has 3 rings (SSSR count). The van der Waals surface area contributed by atoms with Crippen molar-refractivity contribution in [2.45, 2.75) is 12.7 Å². The third-order valence-electron chi connectivity index (χ3n) is 3.12. The molecule has 0 aliphatic rings. The van der Waals surface area contributed by atoms with E-state index in [1.165, 1.54) is 18.3 Å². The van der Waals surface area contributed by atoms with E-state index in [0.29, 0.717) is 22.3 Å². The Morgan fingerprint density at radius 2 is 2.08 bits per heavy atom. The average molecular weight is 354 g/mol. The molecule has 10 heteroatoms. The fraction of sp³-hybridized carbons (Fsp3) is 0.143. The van der Waals surface area contributed by atoms with Gasteiger partial charge in [0.1, 0.15) is 9.71 Å². The molecule has 24 heavy (non-hydrogen) atoms. The molecule has 0 bridgehead atoms. The van der Waals surface area contributed by atoms with Crippen molar-refractivity contribution in [2.24, 2.45) is 0 Å². The summed E-state index contributed by atoms with van der Waals surface area (Å²) >= 11 is 0.541. The number of non-ortho nitro benzene ring substituents is 1. The number of hydrogen-bond donors (Lipinski definition) is 1. The van der Waals surface area contributed by atoms with Gasteiger partial charge in [-0.25, -0.2) is 9.97 Å². The van der Waals surface area contributed by atoms with Crippen molar-refractivity contribution in [2.75, 3.05) is 5.32 Å². The summed E-state index contributed by atoms with van der Waals surface area (Å²) in [6.07, 6.45) is -3.11. The van der Waals surface area contributed by atoms with E-state index in [1.807, 2.05) is 0 Å². The maximum Gasteiger partial charge on any atom is 0.425 e. The number of nitro groups is 1. The fourth-order valence-corrected chi connectivity index (χ4v) is 2.89. The molecule has 2 aromatic heterocycles. The zero-order chi connectivity index (χ0) is 17.3. The van der Waals surface area contributed by atoms with Gasteiger partial charge >= 0.3 is 6.18 Å². The van der Waals surface area contributed by atoms with Gasteiger partial charge in [-0.05, 0) is 11.6 Å². The molecule has 0 aliphatic heterocycles. The number of aromatic nitrogens is 2. The first-order valence-electron chi connectivity index (χ1n) is 6.64. The van der Waals surface area contributed by atoms with Gasteiger partial charge in [0.15, 0.2) is 0 Å². The molecule has 2 heterocycles. The van der Waals surface area contributed by atoms with Crippen molar-refractivity contribution in [1.29, 1.82) is 0 Å². The predicted molar refractivity (Wildman–Crippen MR) is 82.8 cm³/mol. The van der Waals surface area contributed by atoms with E-state index < -0.39 is 16.0 Å². The van der Waals surface area contributed by atoms with Gasteiger partial charge in [-0.15, -0.1) is 11.3 Å². The minimum absolute atomic E-state index is 0.0428. The molecule has 0 atom stereocenters. The normalized spacial score (nSPS) is 11.6. The number of rotatable bonds is 4. The van der Waals surface area contributed by atoms with Crippen LogP contribution in [0.25, 0.3) is 10.2 Å². The van der Waals surface area contributed by atoms with Crippen LogP contribution in [-0.2, 0) is 12.7 Å². The SMILES string of the molecule is O=[N+]([O-])c1cccc(CNc2ncc3cc(C(F)(F)F)sc3n2)c1. The van der Waals surface area contributed by atoms with Crippen LogP contribution in [0, 0.1) is 10.1 Å². The highest BCUT2D eigenvalue weighted by Crippen LogP contribution is 2.37. The molecule has 0 saturated carbocycles. The van der Waals surface area contributed by atoms with Gasteiger partial charge < -0.3 is 5.32 Å². The van der Waals surface area contributed by atoms with Crippen molar-refractivity contribution in [1.82, 2.24) is 9.97 Å². The molecule has 0 spiro atoms. The van der Waals surface area contributed by atoms with E-state index in [4.69, 9.17) is 0 Å². The third kappa shape index (κ3) is 3.43. The largest absolute Gasteiger partial charge is 0.425 e. The monoisotopic (exact) mass is 354 g/mol. The Bertz CT molecular complexity index is 910. The predicted octanol–water partition coefficient (Wildman–Crippen LogP) is 4.23. The average Bonchev–Trinajstić information content (AvgIpc) is 2.96. The van der Waals surface area contributed by atoms with Crippen LogP contribution >= 0.6 is 11.3 Å². The van der Waals surface area contributed by atoms with Crippen LogP contribution in [0.3, 0.4) is 0 Å². The Morgan fingerprint density at radius 1 is 1.29 bits per heavy atom. The topological polar surface area (TPSA) is 81.0 Å². The second-order valence-corrected chi connectivity index (χ2v) is 5.87. The molecule has 0 fully saturated rings. The molecule has 0 amide bonds. The van der Waals surface area contributed by atoms with Gasteiger partial charge in [-0.1, -0.05) is 12.1 Å². The van der Waals surface area contributed by atoms with Crippen LogP contribution in [0.15, 0.2) is 36.5 Å². The summed E-state index contributed by atoms with van der Waals surface area (Å²) in [5.74, 6) is 0.157. The third-order valence-corrected chi connectivity index (χ3v) is 4.21. The molecular formula is C14H9F3N4O2S. The van der Waals surface area contributed by atoms with Crippen LogP contribution in [0.5, 0.6) is 0 Å². The lowest BCUT2D eigenvalue weighted by atomic mass is 10.2. The lowest BCUT2D eigenvalue weighted by Crippen LogP contribution is -2.03. The smallest absolute Gasteiger partial charge is 0.350 e. The van der Waals surface area contributed by atoms with Crippen molar-refractivity contribution in [3.05, 3.63) is 57.1 Å². The first kappa shape index (κ1) is 16.1. The Morgan fingerprint density at radius 3 is 2.79 bits per heavy atom. The lowest BCUT2D eigenvalue weighted by molar-refractivity contribution is -0.384. The van der Waals surface area contributed by atoms with E-state index >= 15 is 0 Å². The summed E-state index contributed by atoms with van der Waals surface area (Å²) in [6.45, 7) is 0.213. The number of alkyl halides is 3. The Hall–Kier alpha value is -2.75. The van der Waals surface area contributed by atoms with Crippen molar-refractivity contribution < 1.29 is 18.1 Å². The standard InChI is InChI=1S/C14H9F3N4O2S/c15-14(16,17)11-5-9-7-19-13(20-12(9)24-11)18-6-8-2-1-3-10(4-8)21(22)23/h1-5,7H,6H2,(H,18,19,20). The van der Waals surface area contributed by atoms with Crippen LogP contribution in [0.1, 0.15) is 10.4 Å². The lowest BCUT2D eigenvalue weighted by Gasteiger charge is -2.04. The van der Waals surface area contributed by atoms with Gasteiger partial charge in [-0.2, -0.15) is 13.2 Å². The second kappa shape index (κ2) is 6.04. The highest BCUT2D eigenvalue weighted by molar-refractivity contribution is 7.18. The zero-order valence-electron chi connectivity index (χ0n) is 11.9. The minimum atomic E-state index is -4.41. The van der Waals surface area contributed by atoms with Crippen LogP contribution in [-0.4, -0.2) is 14.9 Å². The first-order valence-corrected chi connectivity index (χ1v) is 7.45. The fourth-order valence-electron chi connectivity index (χ4n) is 2.02. The maximum atomic E-state index is 12.7. The van der Waals surface area contributed by atoms with Crippen LogP contribution in [0.2, 0.25) is 0 Å². The summed E-state index contributed by atoms with van der Waals surface area (Å²) in [5, 5.41) is 13.9. The number of halogens is 3. The molecule has 1 N–H and O–H groups in total. The maximum absolute atomic E-state index is 12.7. The molecular weight excluding hydrogens is 345 g/mol. The quantitative estimate of drug-likeness (QED) is 0.560. The van der Waals surface area contributed by atoms with Gasteiger partial charge in [-0.3, -0.25) is 10.1 Å².